The number of nitrogens with one attached hydrogen (secondary N) is 1. The van der Waals surface area contributed by atoms with Crippen molar-refractivity contribution in [3.05, 3.63) is 64.2 Å². The van der Waals surface area contributed by atoms with Gasteiger partial charge in [0.15, 0.2) is 0 Å². The minimum Gasteiger partial charge on any atom is -0.366 e. The maximum absolute atomic E-state index is 14.1. The summed E-state index contributed by atoms with van der Waals surface area (Å²) in [6, 6.07) is 7.79. The van der Waals surface area contributed by atoms with Gasteiger partial charge in [0.05, 0.1) is 21.2 Å². The molecule has 3 rings (SSSR count). The predicted octanol–water partition coefficient (Wildman–Crippen LogP) is 4.32. The summed E-state index contributed by atoms with van der Waals surface area (Å²) in [6.07, 6.45) is 4.17. The lowest BCUT2D eigenvalue weighted by Gasteiger charge is -2.10. The number of anilines is 2. The number of nitrogens with zero attached hydrogens (tertiary/aromatic N) is 2. The van der Waals surface area contributed by atoms with Crippen LogP contribution in [0.3, 0.4) is 0 Å². The summed E-state index contributed by atoms with van der Waals surface area (Å²) in [6.45, 7) is 0. The Labute approximate surface area is 152 Å². The molecule has 0 aliphatic carbocycles. The monoisotopic (exact) mass is 376 g/mol. The van der Waals surface area contributed by atoms with E-state index < -0.39 is 11.7 Å². The summed E-state index contributed by atoms with van der Waals surface area (Å²) in [4.78, 5) is 19.2. The molecule has 0 radical (unpaired) electrons. The number of benzene rings is 2. The van der Waals surface area contributed by atoms with Gasteiger partial charge in [-0.2, -0.15) is 0 Å². The van der Waals surface area contributed by atoms with Crippen molar-refractivity contribution < 1.29 is 9.18 Å². The number of amides is 1. The van der Waals surface area contributed by atoms with Gasteiger partial charge in [-0.1, -0.05) is 29.3 Å². The first-order valence-electron chi connectivity index (χ1n) is 7.08. The third-order valence-electron chi connectivity index (χ3n) is 3.36. The lowest BCUT2D eigenvalue weighted by molar-refractivity contribution is -0.113. The minimum absolute atomic E-state index is 0.121. The molecule has 5 nitrogen and oxygen atoms in total. The van der Waals surface area contributed by atoms with Crippen molar-refractivity contribution >= 4 is 57.6 Å². The molecule has 126 valence electrons. The average Bonchev–Trinajstić information content (AvgIpc) is 2.58. The number of primary amides is 1. The van der Waals surface area contributed by atoms with Gasteiger partial charge in [0.2, 0.25) is 5.91 Å². The molecule has 1 heterocycles. The van der Waals surface area contributed by atoms with Crippen LogP contribution < -0.4 is 11.1 Å². The number of rotatable bonds is 4. The molecule has 3 N–H and O–H groups in total. The molecule has 3 aromatic rings. The summed E-state index contributed by atoms with van der Waals surface area (Å²) in [7, 11) is 0. The van der Waals surface area contributed by atoms with Gasteiger partial charge in [0, 0.05) is 11.5 Å². The van der Waals surface area contributed by atoms with E-state index in [0.29, 0.717) is 16.7 Å². The van der Waals surface area contributed by atoms with E-state index in [9.17, 15) is 9.18 Å². The number of halogens is 3. The highest BCUT2D eigenvalue weighted by Crippen LogP contribution is 2.31. The highest BCUT2D eigenvalue weighted by molar-refractivity contribution is 6.42. The third-order valence-corrected chi connectivity index (χ3v) is 4.08. The maximum atomic E-state index is 14.1. The van der Waals surface area contributed by atoms with Crippen LogP contribution in [0, 0.1) is 5.82 Å². The van der Waals surface area contributed by atoms with E-state index in [4.69, 9.17) is 28.9 Å². The number of carbonyl (C=O) groups excluding carboxylic acids is 1. The molecular formula is C17H11Cl2FN4O. The highest BCUT2D eigenvalue weighted by atomic mass is 35.5. The molecule has 0 saturated heterocycles. The van der Waals surface area contributed by atoms with Gasteiger partial charge in [-0.15, -0.1) is 0 Å². The van der Waals surface area contributed by atoms with E-state index >= 15 is 0 Å². The predicted molar refractivity (Wildman–Crippen MR) is 97.5 cm³/mol. The topological polar surface area (TPSA) is 80.9 Å². The number of aromatic nitrogens is 2. The van der Waals surface area contributed by atoms with E-state index in [1.165, 1.54) is 18.5 Å². The second-order valence-corrected chi connectivity index (χ2v) is 5.92. The maximum Gasteiger partial charge on any atom is 0.241 e. The summed E-state index contributed by atoms with van der Waals surface area (Å²) in [5.41, 5.74) is 6.60. The zero-order chi connectivity index (χ0) is 18.0. The van der Waals surface area contributed by atoms with Crippen LogP contribution in [0.25, 0.3) is 17.0 Å². The fraction of sp³-hybridized carbons (Fsp3) is 0. The quantitative estimate of drug-likeness (QED) is 0.524. The lowest BCUT2D eigenvalue weighted by atomic mass is 10.1. The number of fused-ring (bicyclic) bond motifs is 1. The van der Waals surface area contributed by atoms with Crippen LogP contribution >= 0.6 is 23.2 Å². The van der Waals surface area contributed by atoms with Gasteiger partial charge in [0.1, 0.15) is 18.0 Å². The Morgan fingerprint density at radius 3 is 2.68 bits per heavy atom. The van der Waals surface area contributed by atoms with Gasteiger partial charge in [0.25, 0.3) is 0 Å². The van der Waals surface area contributed by atoms with Gasteiger partial charge >= 0.3 is 0 Å². The van der Waals surface area contributed by atoms with Crippen molar-refractivity contribution in [2.75, 3.05) is 5.32 Å². The fourth-order valence-electron chi connectivity index (χ4n) is 2.20. The first-order chi connectivity index (χ1) is 11.9. The summed E-state index contributed by atoms with van der Waals surface area (Å²) in [5.74, 6) is -0.733. The molecule has 1 aromatic heterocycles. The largest absolute Gasteiger partial charge is 0.366 e. The molecule has 0 saturated carbocycles. The van der Waals surface area contributed by atoms with Crippen LogP contribution in [0.1, 0.15) is 5.56 Å². The fourth-order valence-corrected chi connectivity index (χ4v) is 2.52. The molecular weight excluding hydrogens is 366 g/mol. The van der Waals surface area contributed by atoms with E-state index in [2.05, 4.69) is 15.3 Å². The van der Waals surface area contributed by atoms with Crippen LogP contribution in [0.5, 0.6) is 0 Å². The Balaban J connectivity index is 2.05. The molecule has 0 spiro atoms. The van der Waals surface area contributed by atoms with E-state index in [0.717, 1.165) is 11.6 Å². The number of carbonyl (C=O) groups is 1. The van der Waals surface area contributed by atoms with Gasteiger partial charge in [-0.25, -0.2) is 14.4 Å². The number of hydrogen-bond acceptors (Lipinski definition) is 4. The van der Waals surface area contributed by atoms with Crippen molar-refractivity contribution in [2.24, 2.45) is 5.73 Å². The first kappa shape index (κ1) is 17.1. The number of nitrogens with two attached hydrogens (primary N) is 1. The van der Waals surface area contributed by atoms with Gasteiger partial charge in [-0.05, 0) is 35.9 Å². The summed E-state index contributed by atoms with van der Waals surface area (Å²) in [5, 5.41) is 3.87. The normalized spacial score (nSPS) is 11.2. The Kier molecular flexibility index (Phi) is 4.83. The molecule has 0 bridgehead atoms. The zero-order valence-corrected chi connectivity index (χ0v) is 14.1. The molecule has 0 fully saturated rings. The molecule has 0 atom stereocenters. The molecule has 0 aliphatic rings. The summed E-state index contributed by atoms with van der Waals surface area (Å²) >= 11 is 11.7. The van der Waals surface area contributed by atoms with E-state index in [-0.39, 0.29) is 15.7 Å². The highest BCUT2D eigenvalue weighted by Gasteiger charge is 2.11. The summed E-state index contributed by atoms with van der Waals surface area (Å²) < 4.78 is 14.1. The van der Waals surface area contributed by atoms with E-state index in [1.54, 1.807) is 24.3 Å². The minimum atomic E-state index is -0.564. The van der Waals surface area contributed by atoms with Crippen LogP contribution in [0.4, 0.5) is 15.9 Å². The van der Waals surface area contributed by atoms with E-state index in [1.807, 2.05) is 0 Å². The van der Waals surface area contributed by atoms with Crippen molar-refractivity contribution in [3.8, 4) is 0 Å². The smallest absolute Gasteiger partial charge is 0.241 e. The Bertz CT molecular complexity index is 1010. The van der Waals surface area contributed by atoms with Crippen molar-refractivity contribution in [1.82, 2.24) is 9.97 Å². The van der Waals surface area contributed by atoms with Gasteiger partial charge in [-0.3, -0.25) is 4.79 Å². The third kappa shape index (κ3) is 3.87. The van der Waals surface area contributed by atoms with Crippen LogP contribution in [-0.2, 0) is 4.79 Å². The molecule has 25 heavy (non-hydrogen) atoms. The molecule has 2 aromatic carbocycles. The molecule has 0 unspecified atom stereocenters. The average molecular weight is 377 g/mol. The second-order valence-electron chi connectivity index (χ2n) is 5.11. The van der Waals surface area contributed by atoms with Gasteiger partial charge < -0.3 is 11.1 Å². The standard InChI is InChI=1S/C17H11Cl2FN4O/c18-11-6-13(20)15(7-12(11)19)24-17-10-5-9(2-4-16(21)25)1-3-14(10)22-8-23-17/h1-8H,(H2,21,25)(H,22,23,24). The number of hydrogen-bond donors (Lipinski definition) is 2. The van der Waals surface area contributed by atoms with Crippen molar-refractivity contribution in [1.29, 1.82) is 0 Å². The Hall–Kier alpha value is -2.70. The van der Waals surface area contributed by atoms with Crippen LogP contribution in [0.15, 0.2) is 42.7 Å². The molecule has 1 amide bonds. The molecule has 0 aliphatic heterocycles. The van der Waals surface area contributed by atoms with Crippen LogP contribution in [-0.4, -0.2) is 15.9 Å². The van der Waals surface area contributed by atoms with Crippen molar-refractivity contribution in [3.63, 3.8) is 0 Å². The van der Waals surface area contributed by atoms with Crippen molar-refractivity contribution in [2.45, 2.75) is 0 Å². The Morgan fingerprint density at radius 2 is 1.92 bits per heavy atom. The van der Waals surface area contributed by atoms with Crippen LogP contribution in [0.2, 0.25) is 10.0 Å². The lowest BCUT2D eigenvalue weighted by Crippen LogP contribution is -2.05. The molecule has 8 heteroatoms. The Morgan fingerprint density at radius 1 is 1.16 bits per heavy atom. The first-order valence-corrected chi connectivity index (χ1v) is 7.83. The second kappa shape index (κ2) is 7.04. The SMILES string of the molecule is NC(=O)C=Cc1ccc2ncnc(Nc3cc(Cl)c(Cl)cc3F)c2c1. The zero-order valence-electron chi connectivity index (χ0n) is 12.6.